The summed E-state index contributed by atoms with van der Waals surface area (Å²) in [6, 6.07) is 14.6. The molecule has 0 N–H and O–H groups in total. The summed E-state index contributed by atoms with van der Waals surface area (Å²) in [6.07, 6.45) is 0. The molecular formula is C15H12ClNO2. The molecule has 0 atom stereocenters. The lowest BCUT2D eigenvalue weighted by Crippen LogP contribution is -1.98. The second-order valence-corrected chi connectivity index (χ2v) is 4.33. The lowest BCUT2D eigenvalue weighted by atomic mass is 10.2. The first-order valence-electron chi connectivity index (χ1n) is 5.68. The third kappa shape index (κ3) is 3.40. The molecule has 0 aliphatic rings. The molecule has 0 saturated heterocycles. The average Bonchev–Trinajstić information content (AvgIpc) is 2.45. The largest absolute Gasteiger partial charge is 0.493 e. The monoisotopic (exact) mass is 273 g/mol. The van der Waals surface area contributed by atoms with Gasteiger partial charge >= 0.3 is 0 Å². The number of nitriles is 1. The molecule has 3 nitrogen and oxygen atoms in total. The van der Waals surface area contributed by atoms with Crippen molar-refractivity contribution in [1.29, 1.82) is 5.26 Å². The standard InChI is InChI=1S/C15H12ClNO2/c1-18-15-8-11(9-17)5-6-14(15)19-10-12-3-2-4-13(16)7-12/h2-8H,10H2,1H3. The number of ether oxygens (including phenoxy) is 2. The van der Waals surface area contributed by atoms with E-state index in [1.54, 1.807) is 25.3 Å². The zero-order valence-corrected chi connectivity index (χ0v) is 11.1. The molecule has 0 bridgehead atoms. The fraction of sp³-hybridized carbons (Fsp3) is 0.133. The topological polar surface area (TPSA) is 42.2 Å². The number of nitrogens with zero attached hydrogens (tertiary/aromatic N) is 1. The van der Waals surface area contributed by atoms with Crippen LogP contribution in [-0.2, 0) is 6.61 Å². The lowest BCUT2D eigenvalue weighted by molar-refractivity contribution is 0.284. The summed E-state index contributed by atoms with van der Waals surface area (Å²) >= 11 is 5.91. The van der Waals surface area contributed by atoms with Crippen LogP contribution in [0.15, 0.2) is 42.5 Å². The molecule has 2 rings (SSSR count). The first kappa shape index (κ1) is 13.3. The van der Waals surface area contributed by atoms with Crippen LogP contribution in [0.25, 0.3) is 0 Å². The number of hydrogen-bond donors (Lipinski definition) is 0. The van der Waals surface area contributed by atoms with E-state index in [4.69, 9.17) is 26.3 Å². The maximum atomic E-state index is 8.83. The van der Waals surface area contributed by atoms with E-state index in [0.29, 0.717) is 28.7 Å². The van der Waals surface area contributed by atoms with E-state index >= 15 is 0 Å². The van der Waals surface area contributed by atoms with Crippen LogP contribution in [-0.4, -0.2) is 7.11 Å². The molecule has 4 heteroatoms. The molecule has 0 aliphatic carbocycles. The zero-order chi connectivity index (χ0) is 13.7. The van der Waals surface area contributed by atoms with Gasteiger partial charge in [0.1, 0.15) is 6.61 Å². The Morgan fingerprint density at radius 3 is 2.68 bits per heavy atom. The van der Waals surface area contributed by atoms with Gasteiger partial charge in [-0.3, -0.25) is 0 Å². The predicted octanol–water partition coefficient (Wildman–Crippen LogP) is 3.80. The molecule has 2 aromatic rings. The van der Waals surface area contributed by atoms with E-state index in [1.165, 1.54) is 0 Å². The summed E-state index contributed by atoms with van der Waals surface area (Å²) in [4.78, 5) is 0. The fourth-order valence-corrected chi connectivity index (χ4v) is 1.86. The predicted molar refractivity (Wildman–Crippen MR) is 73.5 cm³/mol. The van der Waals surface area contributed by atoms with Gasteiger partial charge in [-0.15, -0.1) is 0 Å². The highest BCUT2D eigenvalue weighted by atomic mass is 35.5. The van der Waals surface area contributed by atoms with Crippen molar-refractivity contribution in [3.63, 3.8) is 0 Å². The minimum Gasteiger partial charge on any atom is -0.493 e. The van der Waals surface area contributed by atoms with Gasteiger partial charge in [-0.05, 0) is 29.8 Å². The maximum absolute atomic E-state index is 8.83. The van der Waals surface area contributed by atoms with E-state index in [2.05, 4.69) is 6.07 Å². The highest BCUT2D eigenvalue weighted by molar-refractivity contribution is 6.30. The van der Waals surface area contributed by atoms with Crippen molar-refractivity contribution in [1.82, 2.24) is 0 Å². The summed E-state index contributed by atoms with van der Waals surface area (Å²) in [7, 11) is 1.54. The van der Waals surface area contributed by atoms with Crippen LogP contribution in [0.2, 0.25) is 5.02 Å². The molecule has 96 valence electrons. The van der Waals surface area contributed by atoms with Crippen molar-refractivity contribution in [2.75, 3.05) is 7.11 Å². The van der Waals surface area contributed by atoms with Crippen molar-refractivity contribution in [2.45, 2.75) is 6.61 Å². The van der Waals surface area contributed by atoms with Crippen LogP contribution >= 0.6 is 11.6 Å². The molecule has 0 aromatic heterocycles. The van der Waals surface area contributed by atoms with Crippen LogP contribution < -0.4 is 9.47 Å². The van der Waals surface area contributed by atoms with Crippen molar-refractivity contribution < 1.29 is 9.47 Å². The summed E-state index contributed by atoms with van der Waals surface area (Å²) in [5.74, 6) is 1.14. The van der Waals surface area contributed by atoms with Crippen molar-refractivity contribution in [3.05, 3.63) is 58.6 Å². The Labute approximate surface area is 117 Å². The first-order chi connectivity index (χ1) is 9.22. The molecule has 0 amide bonds. The average molecular weight is 274 g/mol. The number of rotatable bonds is 4. The Kier molecular flexibility index (Phi) is 4.27. The molecule has 0 aliphatic heterocycles. The minimum atomic E-state index is 0.392. The van der Waals surface area contributed by atoms with Crippen LogP contribution in [0.3, 0.4) is 0 Å². The van der Waals surface area contributed by atoms with Gasteiger partial charge in [-0.2, -0.15) is 5.26 Å². The first-order valence-corrected chi connectivity index (χ1v) is 6.06. The second-order valence-electron chi connectivity index (χ2n) is 3.90. The quantitative estimate of drug-likeness (QED) is 0.851. The Balaban J connectivity index is 2.13. The smallest absolute Gasteiger partial charge is 0.162 e. The van der Waals surface area contributed by atoms with Crippen LogP contribution in [0.1, 0.15) is 11.1 Å². The van der Waals surface area contributed by atoms with E-state index in [1.807, 2.05) is 24.3 Å². The fourth-order valence-electron chi connectivity index (χ4n) is 1.64. The highest BCUT2D eigenvalue weighted by Gasteiger charge is 2.06. The summed E-state index contributed by atoms with van der Waals surface area (Å²) in [6.45, 7) is 0.392. The molecule has 0 saturated carbocycles. The van der Waals surface area contributed by atoms with Crippen molar-refractivity contribution in [3.8, 4) is 17.6 Å². The Morgan fingerprint density at radius 2 is 2.00 bits per heavy atom. The third-order valence-corrected chi connectivity index (χ3v) is 2.81. The number of hydrogen-bond acceptors (Lipinski definition) is 3. The second kappa shape index (κ2) is 6.12. The molecule has 0 unspecified atom stereocenters. The molecule has 19 heavy (non-hydrogen) atoms. The van der Waals surface area contributed by atoms with E-state index in [9.17, 15) is 0 Å². The van der Waals surface area contributed by atoms with Gasteiger partial charge in [0.05, 0.1) is 18.7 Å². The van der Waals surface area contributed by atoms with Gasteiger partial charge in [0, 0.05) is 11.1 Å². The van der Waals surface area contributed by atoms with Gasteiger partial charge in [-0.1, -0.05) is 23.7 Å². The number of halogens is 1. The van der Waals surface area contributed by atoms with Gasteiger partial charge < -0.3 is 9.47 Å². The van der Waals surface area contributed by atoms with Gasteiger partial charge in [0.15, 0.2) is 11.5 Å². The Hall–Kier alpha value is -2.18. The van der Waals surface area contributed by atoms with E-state index < -0.39 is 0 Å². The lowest BCUT2D eigenvalue weighted by Gasteiger charge is -2.11. The van der Waals surface area contributed by atoms with E-state index in [0.717, 1.165) is 5.56 Å². The van der Waals surface area contributed by atoms with Crippen LogP contribution in [0, 0.1) is 11.3 Å². The van der Waals surface area contributed by atoms with E-state index in [-0.39, 0.29) is 0 Å². The normalized spacial score (nSPS) is 9.74. The molecule has 2 aromatic carbocycles. The zero-order valence-electron chi connectivity index (χ0n) is 10.4. The van der Waals surface area contributed by atoms with Gasteiger partial charge in [0.2, 0.25) is 0 Å². The van der Waals surface area contributed by atoms with Gasteiger partial charge in [0.25, 0.3) is 0 Å². The molecule has 0 radical (unpaired) electrons. The maximum Gasteiger partial charge on any atom is 0.162 e. The molecular weight excluding hydrogens is 262 g/mol. The SMILES string of the molecule is COc1cc(C#N)ccc1OCc1cccc(Cl)c1. The van der Waals surface area contributed by atoms with Crippen LogP contribution in [0.5, 0.6) is 11.5 Å². The molecule has 0 spiro atoms. The number of methoxy groups -OCH3 is 1. The van der Waals surface area contributed by atoms with Crippen molar-refractivity contribution >= 4 is 11.6 Å². The van der Waals surface area contributed by atoms with Crippen LogP contribution in [0.4, 0.5) is 0 Å². The minimum absolute atomic E-state index is 0.392. The third-order valence-electron chi connectivity index (χ3n) is 2.58. The van der Waals surface area contributed by atoms with Crippen molar-refractivity contribution in [2.24, 2.45) is 0 Å². The summed E-state index contributed by atoms with van der Waals surface area (Å²) < 4.78 is 10.9. The number of benzene rings is 2. The molecule has 0 fully saturated rings. The summed E-state index contributed by atoms with van der Waals surface area (Å²) in [5, 5.41) is 9.50. The molecule has 0 heterocycles. The summed E-state index contributed by atoms with van der Waals surface area (Å²) in [5.41, 5.74) is 1.51. The Morgan fingerprint density at radius 1 is 1.16 bits per heavy atom. The Bertz CT molecular complexity index is 620. The van der Waals surface area contributed by atoms with Gasteiger partial charge in [-0.25, -0.2) is 0 Å². The highest BCUT2D eigenvalue weighted by Crippen LogP contribution is 2.28.